The fraction of sp³-hybridized carbons (Fsp3) is 0.200. The van der Waals surface area contributed by atoms with Gasteiger partial charge in [0.25, 0.3) is 0 Å². The summed E-state index contributed by atoms with van der Waals surface area (Å²) >= 11 is 0. The van der Waals surface area contributed by atoms with Gasteiger partial charge in [-0.1, -0.05) is 12.2 Å². The molecule has 0 atom stereocenters. The topological polar surface area (TPSA) is 56.0 Å². The van der Waals surface area contributed by atoms with Crippen molar-refractivity contribution in [2.45, 2.75) is 13.3 Å². The number of aryl methyl sites for hydroxylation is 1. The minimum absolute atomic E-state index is 0.156. The second-order valence-corrected chi connectivity index (χ2v) is 2.94. The first-order valence-electron chi connectivity index (χ1n) is 4.16. The van der Waals surface area contributed by atoms with Gasteiger partial charge in [-0.3, -0.25) is 4.79 Å². The molecule has 2 N–H and O–H groups in total. The van der Waals surface area contributed by atoms with Crippen LogP contribution in [0.2, 0.25) is 0 Å². The second-order valence-electron chi connectivity index (χ2n) is 2.94. The van der Waals surface area contributed by atoms with E-state index in [9.17, 15) is 9.18 Å². The summed E-state index contributed by atoms with van der Waals surface area (Å²) in [4.78, 5) is 13.9. The molecule has 74 valence electrons. The molecular formula is C10H11FN2O. The SMILES string of the molecule is Cc1cnc(F)cc1C=CCC(N)=O. The average Bonchev–Trinajstić information content (AvgIpc) is 2.10. The number of amides is 1. The van der Waals surface area contributed by atoms with Crippen LogP contribution in [0.3, 0.4) is 0 Å². The molecule has 3 nitrogen and oxygen atoms in total. The van der Waals surface area contributed by atoms with E-state index in [0.29, 0.717) is 5.56 Å². The Morgan fingerprint density at radius 2 is 2.43 bits per heavy atom. The monoisotopic (exact) mass is 194 g/mol. The van der Waals surface area contributed by atoms with Gasteiger partial charge >= 0.3 is 0 Å². The van der Waals surface area contributed by atoms with Gasteiger partial charge in [-0.2, -0.15) is 4.39 Å². The van der Waals surface area contributed by atoms with E-state index in [1.807, 2.05) is 6.92 Å². The van der Waals surface area contributed by atoms with Crippen molar-refractivity contribution in [3.8, 4) is 0 Å². The van der Waals surface area contributed by atoms with Gasteiger partial charge in [-0.15, -0.1) is 0 Å². The second kappa shape index (κ2) is 4.50. The standard InChI is InChI=1S/C10H11FN2O/c1-7-6-13-9(11)5-8(7)3-2-4-10(12)14/h2-3,5-6H,4H2,1H3,(H2,12,14). The Morgan fingerprint density at radius 1 is 1.71 bits per heavy atom. The summed E-state index contributed by atoms with van der Waals surface area (Å²) in [6.07, 6.45) is 4.86. The molecule has 1 amide bonds. The van der Waals surface area contributed by atoms with E-state index in [-0.39, 0.29) is 6.42 Å². The van der Waals surface area contributed by atoms with E-state index >= 15 is 0 Å². The van der Waals surface area contributed by atoms with Gasteiger partial charge in [0, 0.05) is 18.7 Å². The Bertz CT molecular complexity index is 374. The molecule has 1 rings (SSSR count). The molecule has 0 fully saturated rings. The molecule has 0 aliphatic carbocycles. The number of hydrogen-bond acceptors (Lipinski definition) is 2. The van der Waals surface area contributed by atoms with Crippen LogP contribution in [0.4, 0.5) is 4.39 Å². The lowest BCUT2D eigenvalue weighted by atomic mass is 10.1. The van der Waals surface area contributed by atoms with E-state index < -0.39 is 11.9 Å². The third-order valence-electron chi connectivity index (χ3n) is 1.73. The molecular weight excluding hydrogens is 183 g/mol. The van der Waals surface area contributed by atoms with Gasteiger partial charge in [0.05, 0.1) is 0 Å². The number of aromatic nitrogens is 1. The van der Waals surface area contributed by atoms with Crippen LogP contribution in [-0.4, -0.2) is 10.9 Å². The van der Waals surface area contributed by atoms with Crippen molar-refractivity contribution in [1.29, 1.82) is 0 Å². The van der Waals surface area contributed by atoms with Crippen molar-refractivity contribution < 1.29 is 9.18 Å². The molecule has 1 heterocycles. The van der Waals surface area contributed by atoms with Crippen LogP contribution >= 0.6 is 0 Å². The molecule has 0 aliphatic heterocycles. The number of pyridine rings is 1. The molecule has 0 aliphatic rings. The molecule has 0 saturated carbocycles. The summed E-state index contributed by atoms with van der Waals surface area (Å²) < 4.78 is 12.7. The largest absolute Gasteiger partial charge is 0.369 e. The van der Waals surface area contributed by atoms with Crippen LogP contribution in [0.1, 0.15) is 17.5 Å². The summed E-state index contributed by atoms with van der Waals surface area (Å²) in [6, 6.07) is 1.31. The Hall–Kier alpha value is -1.71. The predicted molar refractivity (Wildman–Crippen MR) is 51.8 cm³/mol. The number of primary amides is 1. The number of nitrogens with two attached hydrogens (primary N) is 1. The normalized spacial score (nSPS) is 10.7. The van der Waals surface area contributed by atoms with Crippen molar-refractivity contribution >= 4 is 12.0 Å². The van der Waals surface area contributed by atoms with Crippen molar-refractivity contribution in [3.05, 3.63) is 35.4 Å². The predicted octanol–water partition coefficient (Wildman–Crippen LogP) is 1.42. The first kappa shape index (κ1) is 10.4. The number of halogens is 1. The van der Waals surface area contributed by atoms with E-state index in [1.165, 1.54) is 12.3 Å². The van der Waals surface area contributed by atoms with Crippen LogP contribution in [0.25, 0.3) is 6.08 Å². The highest BCUT2D eigenvalue weighted by molar-refractivity contribution is 5.76. The summed E-state index contributed by atoms with van der Waals surface area (Å²) in [5.41, 5.74) is 6.51. The van der Waals surface area contributed by atoms with Gasteiger partial charge in [-0.05, 0) is 18.1 Å². The van der Waals surface area contributed by atoms with Gasteiger partial charge in [0.2, 0.25) is 11.9 Å². The number of hydrogen-bond donors (Lipinski definition) is 1. The quantitative estimate of drug-likeness (QED) is 0.740. The zero-order chi connectivity index (χ0) is 10.6. The van der Waals surface area contributed by atoms with Crippen LogP contribution in [-0.2, 0) is 4.79 Å². The van der Waals surface area contributed by atoms with Crippen LogP contribution in [0.5, 0.6) is 0 Å². The summed E-state index contributed by atoms with van der Waals surface area (Å²) in [5, 5.41) is 0. The first-order chi connectivity index (χ1) is 6.59. The lowest BCUT2D eigenvalue weighted by Gasteiger charge is -1.98. The van der Waals surface area contributed by atoms with Gasteiger partial charge in [-0.25, -0.2) is 4.98 Å². The Kier molecular flexibility index (Phi) is 3.34. The minimum atomic E-state index is -0.533. The van der Waals surface area contributed by atoms with Crippen molar-refractivity contribution in [1.82, 2.24) is 4.98 Å². The molecule has 0 aromatic carbocycles. The number of nitrogens with zero attached hydrogens (tertiary/aromatic N) is 1. The van der Waals surface area contributed by atoms with Crippen molar-refractivity contribution in [3.63, 3.8) is 0 Å². The fourth-order valence-electron chi connectivity index (χ4n) is 0.994. The molecule has 14 heavy (non-hydrogen) atoms. The number of carbonyl (C=O) groups excluding carboxylic acids is 1. The van der Waals surface area contributed by atoms with Gasteiger partial charge in [0.15, 0.2) is 0 Å². The molecule has 0 radical (unpaired) electrons. The van der Waals surface area contributed by atoms with Crippen LogP contribution in [0.15, 0.2) is 18.3 Å². The Labute approximate surface area is 81.5 Å². The zero-order valence-corrected chi connectivity index (χ0v) is 7.83. The maximum Gasteiger partial charge on any atom is 0.221 e. The zero-order valence-electron chi connectivity index (χ0n) is 7.83. The highest BCUT2D eigenvalue weighted by Crippen LogP contribution is 2.09. The molecule has 0 unspecified atom stereocenters. The van der Waals surface area contributed by atoms with Gasteiger partial charge in [0.1, 0.15) is 0 Å². The summed E-state index contributed by atoms with van der Waals surface area (Å²) in [6.45, 7) is 1.82. The van der Waals surface area contributed by atoms with Gasteiger partial charge < -0.3 is 5.73 Å². The third kappa shape index (κ3) is 2.97. The number of rotatable bonds is 3. The van der Waals surface area contributed by atoms with Crippen LogP contribution < -0.4 is 5.73 Å². The fourth-order valence-corrected chi connectivity index (χ4v) is 0.994. The molecule has 1 aromatic rings. The average molecular weight is 194 g/mol. The molecule has 0 bridgehead atoms. The third-order valence-corrected chi connectivity index (χ3v) is 1.73. The Morgan fingerprint density at radius 3 is 3.07 bits per heavy atom. The van der Waals surface area contributed by atoms with E-state index in [1.54, 1.807) is 12.2 Å². The first-order valence-corrected chi connectivity index (χ1v) is 4.16. The highest BCUT2D eigenvalue weighted by Gasteiger charge is 1.97. The molecule has 4 heteroatoms. The smallest absolute Gasteiger partial charge is 0.221 e. The van der Waals surface area contributed by atoms with Crippen molar-refractivity contribution in [2.24, 2.45) is 5.73 Å². The molecule has 0 saturated heterocycles. The van der Waals surface area contributed by atoms with E-state index in [2.05, 4.69) is 4.98 Å². The summed E-state index contributed by atoms with van der Waals surface area (Å²) in [7, 11) is 0. The Balaban J connectivity index is 2.80. The maximum atomic E-state index is 12.7. The summed E-state index contributed by atoms with van der Waals surface area (Å²) in [5.74, 6) is -0.942. The minimum Gasteiger partial charge on any atom is -0.369 e. The molecule has 1 aromatic heterocycles. The van der Waals surface area contributed by atoms with Crippen molar-refractivity contribution in [2.75, 3.05) is 0 Å². The van der Waals surface area contributed by atoms with E-state index in [4.69, 9.17) is 5.73 Å². The van der Waals surface area contributed by atoms with E-state index in [0.717, 1.165) is 5.56 Å². The highest BCUT2D eigenvalue weighted by atomic mass is 19.1. The maximum absolute atomic E-state index is 12.7. The lowest BCUT2D eigenvalue weighted by Crippen LogP contribution is -2.07. The van der Waals surface area contributed by atoms with Crippen LogP contribution in [0, 0.1) is 12.9 Å². The molecule has 0 spiro atoms. The number of carbonyl (C=O) groups is 1. The lowest BCUT2D eigenvalue weighted by molar-refractivity contribution is -0.117.